The van der Waals surface area contributed by atoms with Crippen molar-refractivity contribution in [2.75, 3.05) is 0 Å². The molecule has 3 rings (SSSR count). The van der Waals surface area contributed by atoms with E-state index in [1.807, 2.05) is 6.92 Å². The van der Waals surface area contributed by atoms with E-state index in [-0.39, 0.29) is 17.5 Å². The molecule has 0 amide bonds. The van der Waals surface area contributed by atoms with E-state index in [1.165, 1.54) is 0 Å². The molecule has 0 aromatic carbocycles. The highest BCUT2D eigenvalue weighted by atomic mass is 16.8. The van der Waals surface area contributed by atoms with E-state index in [1.54, 1.807) is 0 Å². The van der Waals surface area contributed by atoms with Gasteiger partial charge in [0.1, 0.15) is 0 Å². The molecule has 3 fully saturated rings. The van der Waals surface area contributed by atoms with E-state index in [9.17, 15) is 4.79 Å². The van der Waals surface area contributed by atoms with Crippen LogP contribution >= 0.6 is 0 Å². The lowest BCUT2D eigenvalue weighted by molar-refractivity contribution is -0.161. The second-order valence-corrected chi connectivity index (χ2v) is 4.74. The lowest BCUT2D eigenvalue weighted by Crippen LogP contribution is -2.32. The number of hydrogen-bond donors (Lipinski definition) is 0. The Bertz CT molecular complexity index is 288. The van der Waals surface area contributed by atoms with Crippen LogP contribution in [0.25, 0.3) is 0 Å². The summed E-state index contributed by atoms with van der Waals surface area (Å²) >= 11 is 0. The molecule has 72 valence electrons. The fraction of sp³-hybridized carbons (Fsp3) is 0.900. The highest BCUT2D eigenvalue weighted by Crippen LogP contribution is 2.67. The van der Waals surface area contributed by atoms with Gasteiger partial charge in [-0.3, -0.25) is 4.79 Å². The predicted octanol–water partition coefficient (Wildman–Crippen LogP) is 1.46. The van der Waals surface area contributed by atoms with Crippen molar-refractivity contribution >= 4 is 5.97 Å². The Morgan fingerprint density at radius 1 is 1.46 bits per heavy atom. The first-order valence-corrected chi connectivity index (χ1v) is 5.03. The molecule has 4 unspecified atom stereocenters. The average molecular weight is 182 g/mol. The molecular formula is C10H14O3. The van der Waals surface area contributed by atoms with E-state index in [0.717, 1.165) is 19.3 Å². The van der Waals surface area contributed by atoms with Gasteiger partial charge in [0.05, 0.1) is 5.92 Å². The molecule has 13 heavy (non-hydrogen) atoms. The number of epoxide rings is 1. The summed E-state index contributed by atoms with van der Waals surface area (Å²) in [5.41, 5.74) is -0.226. The second kappa shape index (κ2) is 1.92. The van der Waals surface area contributed by atoms with Crippen molar-refractivity contribution in [1.29, 1.82) is 0 Å². The second-order valence-electron chi connectivity index (χ2n) is 4.74. The first kappa shape index (κ1) is 7.80. The van der Waals surface area contributed by atoms with E-state index >= 15 is 0 Å². The van der Waals surface area contributed by atoms with Crippen LogP contribution in [0.15, 0.2) is 0 Å². The number of hydrogen-bond acceptors (Lipinski definition) is 3. The lowest BCUT2D eigenvalue weighted by atomic mass is 9.77. The van der Waals surface area contributed by atoms with E-state index in [4.69, 9.17) is 9.47 Å². The molecule has 0 aromatic rings. The summed E-state index contributed by atoms with van der Waals surface area (Å²) in [7, 11) is 0. The van der Waals surface area contributed by atoms with Crippen molar-refractivity contribution in [3.8, 4) is 0 Å². The number of rotatable bonds is 0. The SMILES string of the molecule is CC1CCC23OC2(C1)OC(=O)C3C. The molecule has 1 saturated carbocycles. The lowest BCUT2D eigenvalue weighted by Gasteiger charge is -2.22. The van der Waals surface area contributed by atoms with E-state index < -0.39 is 5.79 Å². The molecule has 2 saturated heterocycles. The Balaban J connectivity index is 1.96. The van der Waals surface area contributed by atoms with E-state index in [0.29, 0.717) is 5.92 Å². The Labute approximate surface area is 77.4 Å². The number of ether oxygens (including phenoxy) is 2. The molecule has 0 N–H and O–H groups in total. The number of carbonyl (C=O) groups is 1. The van der Waals surface area contributed by atoms with Gasteiger partial charge >= 0.3 is 5.97 Å². The van der Waals surface area contributed by atoms with Crippen molar-refractivity contribution in [1.82, 2.24) is 0 Å². The van der Waals surface area contributed by atoms with Gasteiger partial charge in [0, 0.05) is 6.42 Å². The highest BCUT2D eigenvalue weighted by Gasteiger charge is 2.82. The van der Waals surface area contributed by atoms with E-state index in [2.05, 4.69) is 6.92 Å². The van der Waals surface area contributed by atoms with Gasteiger partial charge in [-0.05, 0) is 25.7 Å². The predicted molar refractivity (Wildman–Crippen MR) is 44.8 cm³/mol. The molecule has 0 aromatic heterocycles. The monoisotopic (exact) mass is 182 g/mol. The zero-order valence-electron chi connectivity index (χ0n) is 8.00. The molecule has 4 atom stereocenters. The summed E-state index contributed by atoms with van der Waals surface area (Å²) in [5.74, 6) is -0.00433. The number of esters is 1. The molecule has 3 aliphatic rings. The average Bonchev–Trinajstić information content (AvgIpc) is 2.66. The van der Waals surface area contributed by atoms with Gasteiger partial charge in [0.15, 0.2) is 5.60 Å². The van der Waals surface area contributed by atoms with Crippen molar-refractivity contribution in [3.05, 3.63) is 0 Å². The molecular weight excluding hydrogens is 168 g/mol. The summed E-state index contributed by atoms with van der Waals surface area (Å²) < 4.78 is 11.0. The molecule has 0 radical (unpaired) electrons. The zero-order chi connectivity index (χ0) is 9.27. The van der Waals surface area contributed by atoms with Gasteiger partial charge in [-0.25, -0.2) is 0 Å². The van der Waals surface area contributed by atoms with Gasteiger partial charge in [0.25, 0.3) is 0 Å². The molecule has 0 spiro atoms. The van der Waals surface area contributed by atoms with Crippen LogP contribution in [0.5, 0.6) is 0 Å². The molecule has 1 aliphatic carbocycles. The number of carbonyl (C=O) groups excluding carboxylic acids is 1. The van der Waals surface area contributed by atoms with Crippen molar-refractivity contribution < 1.29 is 14.3 Å². The van der Waals surface area contributed by atoms with Crippen LogP contribution in [0.1, 0.15) is 33.1 Å². The normalized spacial score (nSPS) is 58.2. The summed E-state index contributed by atoms with van der Waals surface area (Å²) in [6, 6.07) is 0. The third kappa shape index (κ3) is 0.688. The van der Waals surface area contributed by atoms with Gasteiger partial charge in [0.2, 0.25) is 5.79 Å². The van der Waals surface area contributed by atoms with Crippen LogP contribution in [0, 0.1) is 11.8 Å². The van der Waals surface area contributed by atoms with Gasteiger partial charge < -0.3 is 9.47 Å². The van der Waals surface area contributed by atoms with Crippen LogP contribution in [-0.2, 0) is 14.3 Å². The maximum absolute atomic E-state index is 11.4. The molecule has 3 heteroatoms. The van der Waals surface area contributed by atoms with Crippen molar-refractivity contribution in [2.24, 2.45) is 11.8 Å². The first-order valence-electron chi connectivity index (χ1n) is 5.03. The van der Waals surface area contributed by atoms with Crippen LogP contribution in [0.3, 0.4) is 0 Å². The van der Waals surface area contributed by atoms with Crippen LogP contribution in [-0.4, -0.2) is 17.4 Å². The van der Waals surface area contributed by atoms with Crippen LogP contribution in [0.4, 0.5) is 0 Å². The minimum absolute atomic E-state index is 0.0556. The molecule has 0 bridgehead atoms. The Morgan fingerprint density at radius 2 is 2.23 bits per heavy atom. The maximum Gasteiger partial charge on any atom is 0.314 e. The molecule has 2 aliphatic heterocycles. The van der Waals surface area contributed by atoms with Crippen molar-refractivity contribution in [2.45, 2.75) is 44.5 Å². The summed E-state index contributed by atoms with van der Waals surface area (Å²) in [4.78, 5) is 11.4. The van der Waals surface area contributed by atoms with Crippen molar-refractivity contribution in [3.63, 3.8) is 0 Å². The van der Waals surface area contributed by atoms with Gasteiger partial charge in [-0.15, -0.1) is 0 Å². The third-order valence-corrected chi connectivity index (χ3v) is 3.89. The van der Waals surface area contributed by atoms with Crippen LogP contribution < -0.4 is 0 Å². The standard InChI is InChI=1S/C10H14O3/c1-6-3-4-9-7(2)8(11)12-10(9,5-6)13-9/h6-7H,3-5H2,1-2H3. The Kier molecular flexibility index (Phi) is 1.15. The molecule has 2 heterocycles. The summed E-state index contributed by atoms with van der Waals surface area (Å²) in [5, 5.41) is 0. The van der Waals surface area contributed by atoms with Gasteiger partial charge in [-0.2, -0.15) is 0 Å². The molecule has 3 nitrogen and oxygen atoms in total. The summed E-state index contributed by atoms with van der Waals surface area (Å²) in [6.07, 6.45) is 3.03. The zero-order valence-corrected chi connectivity index (χ0v) is 8.00. The van der Waals surface area contributed by atoms with Crippen LogP contribution in [0.2, 0.25) is 0 Å². The fourth-order valence-electron chi connectivity index (χ4n) is 2.97. The topological polar surface area (TPSA) is 38.8 Å². The van der Waals surface area contributed by atoms with Gasteiger partial charge in [-0.1, -0.05) is 6.92 Å². The Morgan fingerprint density at radius 3 is 3.00 bits per heavy atom. The third-order valence-electron chi connectivity index (χ3n) is 3.89. The Hall–Kier alpha value is -0.570. The fourth-order valence-corrected chi connectivity index (χ4v) is 2.97. The smallest absolute Gasteiger partial charge is 0.314 e. The first-order chi connectivity index (χ1) is 6.10. The largest absolute Gasteiger partial charge is 0.429 e. The minimum atomic E-state index is -0.499. The highest BCUT2D eigenvalue weighted by molar-refractivity contribution is 5.79. The summed E-state index contributed by atoms with van der Waals surface area (Å²) in [6.45, 7) is 4.12. The minimum Gasteiger partial charge on any atom is -0.429 e. The quantitative estimate of drug-likeness (QED) is 0.420. The maximum atomic E-state index is 11.4.